The quantitative estimate of drug-likeness (QED) is 0.536. The molecule has 0 atom stereocenters. The fourth-order valence-electron chi connectivity index (χ4n) is 3.36. The number of nitrogens with one attached hydrogen (secondary N) is 1. The van der Waals surface area contributed by atoms with Crippen molar-refractivity contribution in [2.24, 2.45) is 0 Å². The van der Waals surface area contributed by atoms with E-state index in [9.17, 15) is 4.79 Å². The van der Waals surface area contributed by atoms with Crippen molar-refractivity contribution < 1.29 is 4.79 Å². The van der Waals surface area contributed by atoms with E-state index in [4.69, 9.17) is 15.7 Å². The topological polar surface area (TPSA) is 85.8 Å². The van der Waals surface area contributed by atoms with Gasteiger partial charge >= 0.3 is 0 Å². The van der Waals surface area contributed by atoms with Crippen LogP contribution in [0.3, 0.4) is 0 Å². The SMILES string of the molecule is C=CCNC(=O)c1c(N)n(-c2cccc(C)c2C)c2nc3ccccc3nc12. The average Bonchev–Trinajstić information content (AvgIpc) is 2.97. The van der Waals surface area contributed by atoms with Crippen LogP contribution in [0.2, 0.25) is 0 Å². The molecule has 0 bridgehead atoms. The van der Waals surface area contributed by atoms with E-state index in [1.807, 2.05) is 60.9 Å². The summed E-state index contributed by atoms with van der Waals surface area (Å²) in [5.41, 5.74) is 12.4. The summed E-state index contributed by atoms with van der Waals surface area (Å²) in [4.78, 5) is 22.4. The molecule has 0 fully saturated rings. The van der Waals surface area contributed by atoms with Crippen molar-refractivity contribution in [3.05, 3.63) is 71.8 Å². The summed E-state index contributed by atoms with van der Waals surface area (Å²) >= 11 is 0. The highest BCUT2D eigenvalue weighted by atomic mass is 16.1. The largest absolute Gasteiger partial charge is 0.384 e. The van der Waals surface area contributed by atoms with Gasteiger partial charge in [-0.15, -0.1) is 6.58 Å². The van der Waals surface area contributed by atoms with Gasteiger partial charge in [0.15, 0.2) is 5.65 Å². The molecule has 0 radical (unpaired) electrons. The van der Waals surface area contributed by atoms with E-state index in [1.165, 1.54) is 0 Å². The zero-order valence-corrected chi connectivity index (χ0v) is 15.9. The second-order valence-corrected chi connectivity index (χ2v) is 6.70. The molecule has 0 aliphatic carbocycles. The molecular weight excluding hydrogens is 350 g/mol. The van der Waals surface area contributed by atoms with Crippen LogP contribution in [0, 0.1) is 13.8 Å². The Bertz CT molecular complexity index is 1240. The molecule has 4 aromatic rings. The minimum absolute atomic E-state index is 0.295. The number of fused-ring (bicyclic) bond motifs is 2. The zero-order valence-electron chi connectivity index (χ0n) is 15.9. The van der Waals surface area contributed by atoms with E-state index >= 15 is 0 Å². The van der Waals surface area contributed by atoms with Gasteiger partial charge in [0.25, 0.3) is 5.91 Å². The molecule has 2 aromatic heterocycles. The molecule has 0 saturated carbocycles. The lowest BCUT2D eigenvalue weighted by Crippen LogP contribution is -2.24. The Morgan fingerprint density at radius 3 is 2.57 bits per heavy atom. The van der Waals surface area contributed by atoms with Gasteiger partial charge in [0.1, 0.15) is 16.9 Å². The van der Waals surface area contributed by atoms with E-state index in [0.29, 0.717) is 34.6 Å². The molecule has 1 amide bonds. The smallest absolute Gasteiger partial charge is 0.257 e. The van der Waals surface area contributed by atoms with Crippen LogP contribution in [-0.4, -0.2) is 27.0 Å². The summed E-state index contributed by atoms with van der Waals surface area (Å²) in [5, 5.41) is 2.80. The molecule has 28 heavy (non-hydrogen) atoms. The summed E-state index contributed by atoms with van der Waals surface area (Å²) in [6, 6.07) is 13.6. The molecule has 2 heterocycles. The fraction of sp³-hybridized carbons (Fsp3) is 0.136. The maximum Gasteiger partial charge on any atom is 0.257 e. The van der Waals surface area contributed by atoms with Crippen LogP contribution in [-0.2, 0) is 0 Å². The van der Waals surface area contributed by atoms with Crippen molar-refractivity contribution in [3.8, 4) is 5.69 Å². The number of nitrogens with zero attached hydrogens (tertiary/aromatic N) is 3. The van der Waals surface area contributed by atoms with Crippen LogP contribution >= 0.6 is 0 Å². The van der Waals surface area contributed by atoms with Crippen molar-refractivity contribution >= 4 is 33.9 Å². The maximum atomic E-state index is 12.9. The second-order valence-electron chi connectivity index (χ2n) is 6.70. The van der Waals surface area contributed by atoms with Gasteiger partial charge in [-0.25, -0.2) is 9.97 Å². The van der Waals surface area contributed by atoms with Gasteiger partial charge in [-0.1, -0.05) is 30.3 Å². The summed E-state index contributed by atoms with van der Waals surface area (Å²) < 4.78 is 1.82. The number of para-hydroxylation sites is 2. The first kappa shape index (κ1) is 17.7. The number of benzene rings is 2. The monoisotopic (exact) mass is 371 g/mol. The summed E-state index contributed by atoms with van der Waals surface area (Å²) in [7, 11) is 0. The normalized spacial score (nSPS) is 11.1. The minimum Gasteiger partial charge on any atom is -0.384 e. The van der Waals surface area contributed by atoms with E-state index in [-0.39, 0.29) is 5.91 Å². The van der Waals surface area contributed by atoms with E-state index in [1.54, 1.807) is 6.08 Å². The third-order valence-electron chi connectivity index (χ3n) is 4.95. The number of carbonyl (C=O) groups is 1. The van der Waals surface area contributed by atoms with Crippen molar-refractivity contribution in [3.63, 3.8) is 0 Å². The second kappa shape index (κ2) is 6.81. The summed E-state index contributed by atoms with van der Waals surface area (Å²) in [6.07, 6.45) is 1.62. The average molecular weight is 371 g/mol. The Morgan fingerprint density at radius 1 is 1.14 bits per heavy atom. The lowest BCUT2D eigenvalue weighted by Gasteiger charge is -2.13. The molecule has 0 spiro atoms. The maximum absolute atomic E-state index is 12.9. The molecule has 0 aliphatic heterocycles. The lowest BCUT2D eigenvalue weighted by atomic mass is 10.1. The number of nitrogens with two attached hydrogens (primary N) is 1. The van der Waals surface area contributed by atoms with Gasteiger partial charge in [0.2, 0.25) is 0 Å². The molecule has 4 rings (SSSR count). The molecular formula is C22H21N5O. The molecule has 6 nitrogen and oxygen atoms in total. The highest BCUT2D eigenvalue weighted by Gasteiger charge is 2.25. The van der Waals surface area contributed by atoms with Gasteiger partial charge < -0.3 is 11.1 Å². The number of rotatable bonds is 4. The van der Waals surface area contributed by atoms with Crippen LogP contribution in [0.25, 0.3) is 27.9 Å². The van der Waals surface area contributed by atoms with Gasteiger partial charge in [-0.2, -0.15) is 0 Å². The third-order valence-corrected chi connectivity index (χ3v) is 4.95. The van der Waals surface area contributed by atoms with Crippen molar-refractivity contribution in [1.29, 1.82) is 0 Å². The van der Waals surface area contributed by atoms with Crippen LogP contribution in [0.15, 0.2) is 55.1 Å². The highest BCUT2D eigenvalue weighted by molar-refractivity contribution is 6.11. The molecule has 2 aromatic carbocycles. The van der Waals surface area contributed by atoms with Gasteiger partial charge in [0.05, 0.1) is 16.7 Å². The van der Waals surface area contributed by atoms with Crippen LogP contribution < -0.4 is 11.1 Å². The van der Waals surface area contributed by atoms with Crippen molar-refractivity contribution in [2.45, 2.75) is 13.8 Å². The first-order valence-corrected chi connectivity index (χ1v) is 9.05. The summed E-state index contributed by atoms with van der Waals surface area (Å²) in [6.45, 7) is 8.06. The standard InChI is InChI=1S/C22H21N5O/c1-4-12-24-22(28)18-19-21(26-16-10-6-5-9-15(16)25-19)27(20(18)23)17-11-7-8-13(2)14(17)3/h4-11H,1,12,23H2,2-3H3,(H,24,28). The van der Waals surface area contributed by atoms with E-state index < -0.39 is 0 Å². The molecule has 3 N–H and O–H groups in total. The molecule has 140 valence electrons. The Balaban J connectivity index is 2.10. The molecule has 0 aliphatic rings. The number of nitrogen functional groups attached to an aromatic ring is 1. The van der Waals surface area contributed by atoms with Gasteiger partial charge in [0, 0.05) is 6.54 Å². The molecule has 6 heteroatoms. The highest BCUT2D eigenvalue weighted by Crippen LogP contribution is 2.32. The van der Waals surface area contributed by atoms with Gasteiger partial charge in [-0.05, 0) is 43.2 Å². The van der Waals surface area contributed by atoms with Gasteiger partial charge in [-0.3, -0.25) is 9.36 Å². The van der Waals surface area contributed by atoms with Crippen LogP contribution in [0.5, 0.6) is 0 Å². The van der Waals surface area contributed by atoms with Crippen LogP contribution in [0.4, 0.5) is 5.82 Å². The molecule has 0 unspecified atom stereocenters. The van der Waals surface area contributed by atoms with Crippen LogP contribution in [0.1, 0.15) is 21.5 Å². The minimum atomic E-state index is -0.295. The van der Waals surface area contributed by atoms with E-state index in [2.05, 4.69) is 11.9 Å². The number of anilines is 1. The first-order valence-electron chi connectivity index (χ1n) is 9.05. The van der Waals surface area contributed by atoms with Crippen molar-refractivity contribution in [2.75, 3.05) is 12.3 Å². The predicted molar refractivity (Wildman–Crippen MR) is 113 cm³/mol. The third kappa shape index (κ3) is 2.70. The lowest BCUT2D eigenvalue weighted by molar-refractivity contribution is 0.0960. The Hall–Kier alpha value is -3.67. The number of carbonyl (C=O) groups excluding carboxylic acids is 1. The van der Waals surface area contributed by atoms with E-state index in [0.717, 1.165) is 22.3 Å². The number of amides is 1. The number of aryl methyl sites for hydroxylation is 1. The number of hydrogen-bond acceptors (Lipinski definition) is 4. The predicted octanol–water partition coefficient (Wildman–Crippen LogP) is 3.69. The number of aromatic nitrogens is 3. The number of hydrogen-bond donors (Lipinski definition) is 2. The summed E-state index contributed by atoms with van der Waals surface area (Å²) in [5.74, 6) is 0.0246. The van der Waals surface area contributed by atoms with Crippen molar-refractivity contribution in [1.82, 2.24) is 19.9 Å². The Labute approximate surface area is 162 Å². The fourth-order valence-corrected chi connectivity index (χ4v) is 3.36. The zero-order chi connectivity index (χ0) is 19.8. The Morgan fingerprint density at radius 2 is 1.86 bits per heavy atom. The molecule has 0 saturated heterocycles. The first-order chi connectivity index (χ1) is 13.5. The Kier molecular flexibility index (Phi) is 4.31.